The van der Waals surface area contributed by atoms with Crippen molar-refractivity contribution in [1.82, 2.24) is 9.55 Å². The number of aromatic hydroxyl groups is 1. The molecule has 0 aliphatic rings. The van der Waals surface area contributed by atoms with E-state index in [1.54, 1.807) is 12.1 Å². The third-order valence-electron chi connectivity index (χ3n) is 2.16. The normalized spacial score (nSPS) is 11.0. The lowest BCUT2D eigenvalue weighted by molar-refractivity contribution is 0.480. The van der Waals surface area contributed by atoms with E-state index in [0.717, 1.165) is 18.5 Å². The number of nitrogens with zero attached hydrogens (tertiary/aromatic N) is 2. The molecule has 0 unspecified atom stereocenters. The van der Waals surface area contributed by atoms with Gasteiger partial charge in [0.15, 0.2) is 0 Å². The zero-order valence-electron chi connectivity index (χ0n) is 7.87. The molecule has 0 saturated carbocycles. The van der Waals surface area contributed by atoms with Crippen molar-refractivity contribution in [3.05, 3.63) is 23.5 Å². The molecule has 2 aromatic rings. The quantitative estimate of drug-likeness (QED) is 0.828. The van der Waals surface area contributed by atoms with E-state index < -0.39 is 0 Å². The minimum atomic E-state index is 0.180. The smallest absolute Gasteiger partial charge is 0.203 e. The van der Waals surface area contributed by atoms with Gasteiger partial charge in [-0.2, -0.15) is 0 Å². The van der Waals surface area contributed by atoms with Crippen LogP contribution in [0.1, 0.15) is 13.3 Å². The summed E-state index contributed by atoms with van der Waals surface area (Å²) in [6.07, 6.45) is 0.987. The van der Waals surface area contributed by atoms with Gasteiger partial charge in [0.1, 0.15) is 11.3 Å². The maximum atomic E-state index is 9.54. The number of para-hydroxylation sites is 1. The fourth-order valence-corrected chi connectivity index (χ4v) is 1.80. The molecular formula is C10H11ClN2O. The van der Waals surface area contributed by atoms with Gasteiger partial charge in [-0.25, -0.2) is 4.98 Å². The summed E-state index contributed by atoms with van der Waals surface area (Å²) >= 11 is 5.96. The second-order valence-electron chi connectivity index (χ2n) is 3.18. The summed E-state index contributed by atoms with van der Waals surface area (Å²) in [5, 5.41) is 9.98. The summed E-state index contributed by atoms with van der Waals surface area (Å²) in [5.41, 5.74) is 1.46. The molecule has 1 aromatic heterocycles. The van der Waals surface area contributed by atoms with Crippen LogP contribution in [0.5, 0.6) is 5.75 Å². The van der Waals surface area contributed by atoms with Gasteiger partial charge in [0.25, 0.3) is 0 Å². The van der Waals surface area contributed by atoms with Crippen LogP contribution in [0, 0.1) is 0 Å². The van der Waals surface area contributed by atoms with E-state index in [4.69, 9.17) is 11.6 Å². The highest BCUT2D eigenvalue weighted by Crippen LogP contribution is 2.26. The van der Waals surface area contributed by atoms with E-state index in [-0.39, 0.29) is 5.75 Å². The number of imidazole rings is 1. The molecule has 14 heavy (non-hydrogen) atoms. The molecule has 0 amide bonds. The van der Waals surface area contributed by atoms with Gasteiger partial charge >= 0.3 is 0 Å². The van der Waals surface area contributed by atoms with Crippen LogP contribution in [-0.4, -0.2) is 14.7 Å². The molecule has 4 heteroatoms. The molecule has 74 valence electrons. The number of phenols is 1. The summed E-state index contributed by atoms with van der Waals surface area (Å²) < 4.78 is 1.90. The molecule has 0 atom stereocenters. The van der Waals surface area contributed by atoms with Gasteiger partial charge in [-0.1, -0.05) is 13.0 Å². The van der Waals surface area contributed by atoms with Crippen LogP contribution >= 0.6 is 11.6 Å². The predicted octanol–water partition coefficient (Wildman–Crippen LogP) is 2.81. The van der Waals surface area contributed by atoms with Gasteiger partial charge in [-0.15, -0.1) is 0 Å². The van der Waals surface area contributed by atoms with Crippen molar-refractivity contribution in [1.29, 1.82) is 0 Å². The summed E-state index contributed by atoms with van der Waals surface area (Å²) in [7, 11) is 0. The first kappa shape index (κ1) is 9.34. The summed E-state index contributed by atoms with van der Waals surface area (Å²) in [6.45, 7) is 2.89. The monoisotopic (exact) mass is 210 g/mol. The lowest BCUT2D eigenvalue weighted by atomic mass is 10.3. The second-order valence-corrected chi connectivity index (χ2v) is 3.52. The summed E-state index contributed by atoms with van der Waals surface area (Å²) in [6, 6.07) is 5.31. The number of hydrogen-bond acceptors (Lipinski definition) is 2. The minimum Gasteiger partial charge on any atom is -0.506 e. The summed E-state index contributed by atoms with van der Waals surface area (Å²) in [5.74, 6) is 0.180. The second kappa shape index (κ2) is 3.50. The number of benzene rings is 1. The Morgan fingerprint density at radius 3 is 3.00 bits per heavy atom. The minimum absolute atomic E-state index is 0.180. The molecular weight excluding hydrogens is 200 g/mol. The van der Waals surface area contributed by atoms with E-state index in [1.165, 1.54) is 0 Å². The third kappa shape index (κ3) is 1.34. The Balaban J connectivity index is 2.70. The van der Waals surface area contributed by atoms with Crippen LogP contribution in [0.2, 0.25) is 5.28 Å². The number of phenolic OH excluding ortho intramolecular Hbond substituents is 1. The molecule has 2 rings (SSSR count). The van der Waals surface area contributed by atoms with Crippen LogP contribution < -0.4 is 0 Å². The van der Waals surface area contributed by atoms with Crippen molar-refractivity contribution in [3.8, 4) is 5.75 Å². The standard InChI is InChI=1S/C10H11ClN2O/c1-2-6-13-7-4-3-5-8(14)9(7)12-10(13)11/h3-5,14H,2,6H2,1H3. The van der Waals surface area contributed by atoms with Gasteiger partial charge in [-0.3, -0.25) is 0 Å². The fraction of sp³-hybridized carbons (Fsp3) is 0.300. The van der Waals surface area contributed by atoms with Crippen molar-refractivity contribution in [2.24, 2.45) is 0 Å². The molecule has 0 bridgehead atoms. The largest absolute Gasteiger partial charge is 0.506 e. The van der Waals surface area contributed by atoms with Crippen LogP contribution in [0.15, 0.2) is 18.2 Å². The Kier molecular flexibility index (Phi) is 2.33. The van der Waals surface area contributed by atoms with Crippen LogP contribution in [-0.2, 0) is 6.54 Å². The SMILES string of the molecule is CCCn1c(Cl)nc2c(O)cccc21. The molecule has 0 saturated heterocycles. The van der Waals surface area contributed by atoms with Crippen LogP contribution in [0.25, 0.3) is 11.0 Å². The lowest BCUT2D eigenvalue weighted by Gasteiger charge is -2.02. The van der Waals surface area contributed by atoms with Gasteiger partial charge in [-0.05, 0) is 30.2 Å². The van der Waals surface area contributed by atoms with Crippen molar-refractivity contribution in [3.63, 3.8) is 0 Å². The predicted molar refractivity (Wildman–Crippen MR) is 56.7 cm³/mol. The Bertz CT molecular complexity index is 464. The van der Waals surface area contributed by atoms with Crippen molar-refractivity contribution >= 4 is 22.6 Å². The molecule has 0 aliphatic heterocycles. The molecule has 0 spiro atoms. The highest BCUT2D eigenvalue weighted by atomic mass is 35.5. The van der Waals surface area contributed by atoms with Crippen LogP contribution in [0.4, 0.5) is 0 Å². The first-order chi connectivity index (χ1) is 6.74. The molecule has 1 aromatic carbocycles. The third-order valence-corrected chi connectivity index (χ3v) is 2.45. The number of hydrogen-bond donors (Lipinski definition) is 1. The average Bonchev–Trinajstić information content (AvgIpc) is 2.47. The van der Waals surface area contributed by atoms with E-state index in [2.05, 4.69) is 11.9 Å². The van der Waals surface area contributed by atoms with E-state index in [9.17, 15) is 5.11 Å². The number of halogens is 1. The topological polar surface area (TPSA) is 38.0 Å². The number of rotatable bonds is 2. The first-order valence-corrected chi connectivity index (χ1v) is 4.95. The number of aromatic nitrogens is 2. The average molecular weight is 211 g/mol. The molecule has 3 nitrogen and oxygen atoms in total. The van der Waals surface area contributed by atoms with Crippen molar-refractivity contribution < 1.29 is 5.11 Å². The van der Waals surface area contributed by atoms with E-state index in [0.29, 0.717) is 10.8 Å². The van der Waals surface area contributed by atoms with Crippen molar-refractivity contribution in [2.45, 2.75) is 19.9 Å². The number of aryl methyl sites for hydroxylation is 1. The van der Waals surface area contributed by atoms with Crippen molar-refractivity contribution in [2.75, 3.05) is 0 Å². The molecule has 0 radical (unpaired) electrons. The lowest BCUT2D eigenvalue weighted by Crippen LogP contribution is -1.95. The highest BCUT2D eigenvalue weighted by Gasteiger charge is 2.10. The molecule has 1 heterocycles. The van der Waals surface area contributed by atoms with Crippen LogP contribution in [0.3, 0.4) is 0 Å². The molecule has 0 fully saturated rings. The first-order valence-electron chi connectivity index (χ1n) is 4.57. The zero-order chi connectivity index (χ0) is 10.1. The van der Waals surface area contributed by atoms with Gasteiger partial charge in [0, 0.05) is 6.54 Å². The van der Waals surface area contributed by atoms with Gasteiger partial charge < -0.3 is 9.67 Å². The Morgan fingerprint density at radius 2 is 2.29 bits per heavy atom. The van der Waals surface area contributed by atoms with E-state index >= 15 is 0 Å². The fourth-order valence-electron chi connectivity index (χ4n) is 1.54. The molecule has 1 N–H and O–H groups in total. The van der Waals surface area contributed by atoms with Gasteiger partial charge in [0.05, 0.1) is 5.52 Å². The Morgan fingerprint density at radius 1 is 1.50 bits per heavy atom. The van der Waals surface area contributed by atoms with Gasteiger partial charge in [0.2, 0.25) is 5.28 Å². The Hall–Kier alpha value is -1.22. The maximum absolute atomic E-state index is 9.54. The zero-order valence-corrected chi connectivity index (χ0v) is 8.62. The highest BCUT2D eigenvalue weighted by molar-refractivity contribution is 6.29. The molecule has 0 aliphatic carbocycles. The number of fused-ring (bicyclic) bond motifs is 1. The Labute approximate surface area is 86.9 Å². The van der Waals surface area contributed by atoms with E-state index in [1.807, 2.05) is 10.6 Å². The maximum Gasteiger partial charge on any atom is 0.203 e. The summed E-state index contributed by atoms with van der Waals surface area (Å²) in [4.78, 5) is 4.11.